The molecular formula is C18H20N2O4S. The first-order valence-electron chi connectivity index (χ1n) is 7.90. The first kappa shape index (κ1) is 18.7. The molecule has 0 aliphatic carbocycles. The van der Waals surface area contributed by atoms with E-state index >= 15 is 0 Å². The van der Waals surface area contributed by atoms with Gasteiger partial charge in [0.15, 0.2) is 9.84 Å². The lowest BCUT2D eigenvalue weighted by Crippen LogP contribution is -2.17. The fraction of sp³-hybridized carbons (Fsp3) is 0.222. The van der Waals surface area contributed by atoms with Gasteiger partial charge in [0.25, 0.3) is 5.91 Å². The smallest absolute Gasteiger partial charge is 0.256 e. The minimum atomic E-state index is -3.50. The number of amides is 2. The van der Waals surface area contributed by atoms with Gasteiger partial charge in [-0.1, -0.05) is 26.0 Å². The van der Waals surface area contributed by atoms with Gasteiger partial charge in [-0.2, -0.15) is 0 Å². The van der Waals surface area contributed by atoms with Gasteiger partial charge in [0.2, 0.25) is 5.91 Å². The number of hydrogen-bond donors (Lipinski definition) is 2. The van der Waals surface area contributed by atoms with Crippen molar-refractivity contribution in [2.45, 2.75) is 25.2 Å². The first-order chi connectivity index (χ1) is 11.9. The van der Waals surface area contributed by atoms with E-state index in [-0.39, 0.29) is 22.1 Å². The zero-order chi connectivity index (χ0) is 18.4. The predicted molar refractivity (Wildman–Crippen MR) is 97.5 cm³/mol. The third-order valence-corrected chi connectivity index (χ3v) is 5.38. The summed E-state index contributed by atoms with van der Waals surface area (Å²) in [5.74, 6) is -0.684. The fourth-order valence-corrected chi connectivity index (χ4v) is 3.26. The van der Waals surface area contributed by atoms with E-state index in [1.807, 2.05) is 0 Å². The molecule has 25 heavy (non-hydrogen) atoms. The Morgan fingerprint density at radius 3 is 2.00 bits per heavy atom. The summed E-state index contributed by atoms with van der Waals surface area (Å²) in [5, 5.41) is 5.38. The second-order valence-corrected chi connectivity index (χ2v) is 7.58. The van der Waals surface area contributed by atoms with Crippen LogP contribution in [0, 0.1) is 0 Å². The quantitative estimate of drug-likeness (QED) is 0.828. The highest BCUT2D eigenvalue weighted by atomic mass is 32.2. The topological polar surface area (TPSA) is 92.3 Å². The van der Waals surface area contributed by atoms with Gasteiger partial charge in [-0.05, 0) is 36.4 Å². The van der Waals surface area contributed by atoms with Crippen LogP contribution in [0.25, 0.3) is 0 Å². The molecule has 0 aromatic heterocycles. The van der Waals surface area contributed by atoms with Crippen molar-refractivity contribution < 1.29 is 18.0 Å². The van der Waals surface area contributed by atoms with E-state index < -0.39 is 15.7 Å². The molecule has 0 aliphatic heterocycles. The summed E-state index contributed by atoms with van der Waals surface area (Å²) in [6.45, 7) is 3.29. The Bertz CT molecular complexity index is 874. The van der Waals surface area contributed by atoms with Crippen molar-refractivity contribution in [1.82, 2.24) is 0 Å². The average molecular weight is 360 g/mol. The van der Waals surface area contributed by atoms with Gasteiger partial charge in [-0.15, -0.1) is 0 Å². The van der Waals surface area contributed by atoms with E-state index in [0.717, 1.165) is 0 Å². The second kappa shape index (κ2) is 7.94. The lowest BCUT2D eigenvalue weighted by atomic mass is 10.2. The van der Waals surface area contributed by atoms with Crippen molar-refractivity contribution in [3.63, 3.8) is 0 Å². The standard InChI is InChI=1S/C18H20N2O4S/c1-3-17(21)19-13-9-11-14(12-10-13)20-18(22)15-7-5-6-8-16(15)25(23,24)4-2/h5-12H,3-4H2,1-2H3,(H,19,21)(H,20,22). The summed E-state index contributed by atoms with van der Waals surface area (Å²) in [5.41, 5.74) is 1.23. The third-order valence-electron chi connectivity index (χ3n) is 3.59. The molecule has 2 N–H and O–H groups in total. The van der Waals surface area contributed by atoms with Crippen molar-refractivity contribution in [3.8, 4) is 0 Å². The van der Waals surface area contributed by atoms with Gasteiger partial charge in [0.1, 0.15) is 0 Å². The summed E-state index contributed by atoms with van der Waals surface area (Å²) in [6.07, 6.45) is 0.376. The van der Waals surface area contributed by atoms with Crippen LogP contribution in [-0.4, -0.2) is 26.0 Å². The van der Waals surface area contributed by atoms with Crippen LogP contribution in [0.2, 0.25) is 0 Å². The van der Waals surface area contributed by atoms with Gasteiger partial charge in [-0.25, -0.2) is 8.42 Å². The number of sulfone groups is 1. The summed E-state index contributed by atoms with van der Waals surface area (Å²) in [6, 6.07) is 12.7. The molecule has 6 nitrogen and oxygen atoms in total. The Labute approximate surface area is 147 Å². The largest absolute Gasteiger partial charge is 0.326 e. The molecule has 0 aliphatic rings. The Morgan fingerprint density at radius 2 is 1.44 bits per heavy atom. The fourth-order valence-electron chi connectivity index (χ4n) is 2.17. The van der Waals surface area contributed by atoms with Crippen LogP contribution in [0.3, 0.4) is 0 Å². The number of carbonyl (C=O) groups is 2. The molecule has 2 aromatic carbocycles. The molecule has 0 saturated heterocycles. The van der Waals surface area contributed by atoms with Crippen molar-refractivity contribution in [2.24, 2.45) is 0 Å². The normalized spacial score (nSPS) is 11.0. The minimum absolute atomic E-state index is 0.0156. The molecule has 0 atom stereocenters. The molecule has 0 saturated carbocycles. The lowest BCUT2D eigenvalue weighted by Gasteiger charge is -2.10. The Kier molecular flexibility index (Phi) is 5.93. The molecular weight excluding hydrogens is 340 g/mol. The van der Waals surface area contributed by atoms with E-state index in [2.05, 4.69) is 10.6 Å². The summed E-state index contributed by atoms with van der Waals surface area (Å²) < 4.78 is 24.3. The third kappa shape index (κ3) is 4.67. The zero-order valence-electron chi connectivity index (χ0n) is 14.1. The van der Waals surface area contributed by atoms with E-state index in [1.165, 1.54) is 19.1 Å². The maximum absolute atomic E-state index is 12.5. The Morgan fingerprint density at radius 1 is 0.880 bits per heavy atom. The second-order valence-electron chi connectivity index (χ2n) is 5.33. The molecule has 2 rings (SSSR count). The maximum Gasteiger partial charge on any atom is 0.256 e. The highest BCUT2D eigenvalue weighted by Crippen LogP contribution is 2.20. The molecule has 0 spiro atoms. The number of hydrogen-bond acceptors (Lipinski definition) is 4. The molecule has 2 amide bonds. The van der Waals surface area contributed by atoms with Gasteiger partial charge in [0.05, 0.1) is 16.2 Å². The van der Waals surface area contributed by atoms with Crippen molar-refractivity contribution in [1.29, 1.82) is 0 Å². The van der Waals surface area contributed by atoms with Crippen molar-refractivity contribution >= 4 is 33.0 Å². The van der Waals surface area contributed by atoms with Gasteiger partial charge in [-0.3, -0.25) is 9.59 Å². The number of rotatable bonds is 6. The molecule has 0 unspecified atom stereocenters. The molecule has 0 radical (unpaired) electrons. The SMILES string of the molecule is CCC(=O)Nc1ccc(NC(=O)c2ccccc2S(=O)(=O)CC)cc1. The first-order valence-corrected chi connectivity index (χ1v) is 9.55. The van der Waals surface area contributed by atoms with E-state index in [9.17, 15) is 18.0 Å². The van der Waals surface area contributed by atoms with Gasteiger partial charge >= 0.3 is 0 Å². The van der Waals surface area contributed by atoms with Gasteiger partial charge in [0, 0.05) is 17.8 Å². The van der Waals surface area contributed by atoms with Crippen LogP contribution >= 0.6 is 0 Å². The van der Waals surface area contributed by atoms with Crippen molar-refractivity contribution in [3.05, 3.63) is 54.1 Å². The highest BCUT2D eigenvalue weighted by Gasteiger charge is 2.20. The summed E-state index contributed by atoms with van der Waals surface area (Å²) in [4.78, 5) is 23.8. The van der Waals surface area contributed by atoms with Crippen LogP contribution in [0.1, 0.15) is 30.6 Å². The number of nitrogens with one attached hydrogen (secondary N) is 2. The number of carbonyl (C=O) groups excluding carboxylic acids is 2. The van der Waals surface area contributed by atoms with E-state index in [1.54, 1.807) is 43.3 Å². The van der Waals surface area contributed by atoms with Crippen LogP contribution in [0.4, 0.5) is 11.4 Å². The Balaban J connectivity index is 2.20. The molecule has 0 fully saturated rings. The summed E-state index contributed by atoms with van der Waals surface area (Å²) in [7, 11) is -3.50. The molecule has 2 aromatic rings. The predicted octanol–water partition coefficient (Wildman–Crippen LogP) is 3.08. The molecule has 7 heteroatoms. The molecule has 132 valence electrons. The van der Waals surface area contributed by atoms with Crippen molar-refractivity contribution in [2.75, 3.05) is 16.4 Å². The number of anilines is 2. The zero-order valence-corrected chi connectivity index (χ0v) is 14.9. The lowest BCUT2D eigenvalue weighted by molar-refractivity contribution is -0.115. The minimum Gasteiger partial charge on any atom is -0.326 e. The monoisotopic (exact) mass is 360 g/mol. The molecule has 0 bridgehead atoms. The number of benzene rings is 2. The van der Waals surface area contributed by atoms with Crippen LogP contribution in [0.15, 0.2) is 53.4 Å². The molecule has 0 heterocycles. The highest BCUT2D eigenvalue weighted by molar-refractivity contribution is 7.91. The summed E-state index contributed by atoms with van der Waals surface area (Å²) >= 11 is 0. The van der Waals surface area contributed by atoms with E-state index in [4.69, 9.17) is 0 Å². The van der Waals surface area contributed by atoms with Crippen LogP contribution < -0.4 is 10.6 Å². The van der Waals surface area contributed by atoms with Crippen LogP contribution in [-0.2, 0) is 14.6 Å². The van der Waals surface area contributed by atoms with Gasteiger partial charge < -0.3 is 10.6 Å². The Hall–Kier alpha value is -2.67. The average Bonchev–Trinajstić information content (AvgIpc) is 2.63. The maximum atomic E-state index is 12.5. The van der Waals surface area contributed by atoms with Crippen LogP contribution in [0.5, 0.6) is 0 Å². The van der Waals surface area contributed by atoms with E-state index in [0.29, 0.717) is 17.8 Å².